The molecule has 0 heterocycles. The second-order valence-corrected chi connectivity index (χ2v) is 10.2. The summed E-state index contributed by atoms with van der Waals surface area (Å²) in [5.41, 5.74) is 9.36. The van der Waals surface area contributed by atoms with Crippen LogP contribution in [0.1, 0.15) is 68.4 Å². The van der Waals surface area contributed by atoms with Crippen LogP contribution >= 0.6 is 0 Å². The van der Waals surface area contributed by atoms with Crippen LogP contribution in [-0.4, -0.2) is 30.4 Å². The van der Waals surface area contributed by atoms with Crippen molar-refractivity contribution in [3.63, 3.8) is 0 Å². The van der Waals surface area contributed by atoms with Gasteiger partial charge in [-0.05, 0) is 49.1 Å². The Morgan fingerprint density at radius 3 is 2.08 bits per heavy atom. The summed E-state index contributed by atoms with van der Waals surface area (Å²) < 4.78 is 34.2. The second-order valence-electron chi connectivity index (χ2n) is 8.79. The van der Waals surface area contributed by atoms with Crippen molar-refractivity contribution in [3.8, 4) is 0 Å². The van der Waals surface area contributed by atoms with E-state index in [1.165, 1.54) is 19.1 Å². The van der Waals surface area contributed by atoms with Gasteiger partial charge < -0.3 is 16.4 Å². The highest BCUT2D eigenvalue weighted by atomic mass is 32.2. The zero-order valence-electron chi connectivity index (χ0n) is 20.1. The lowest BCUT2D eigenvalue weighted by Crippen LogP contribution is -2.25. The van der Waals surface area contributed by atoms with E-state index in [-0.39, 0.29) is 47.8 Å². The second kappa shape index (κ2) is 9.79. The fourth-order valence-corrected chi connectivity index (χ4v) is 5.29. The number of rotatable bonds is 5. The number of nitrogens with one attached hydrogen (secondary N) is 2. The number of aryl methyl sites for hydroxylation is 2. The molecule has 1 amide bonds. The number of nitrogen functional groups attached to an aromatic ring is 1. The van der Waals surface area contributed by atoms with E-state index in [0.717, 1.165) is 28.3 Å². The molecule has 1 aliphatic rings. The molecular formula is C27H29N3O6S. The highest BCUT2D eigenvalue weighted by molar-refractivity contribution is 7.86. The number of carbonyl (C=O) groups excluding carboxylic acids is 3. The highest BCUT2D eigenvalue weighted by Gasteiger charge is 2.36. The zero-order valence-corrected chi connectivity index (χ0v) is 21.0. The first-order valence-electron chi connectivity index (χ1n) is 11.1. The minimum Gasteiger partial charge on any atom is -0.397 e. The van der Waals surface area contributed by atoms with Gasteiger partial charge in [0.2, 0.25) is 5.91 Å². The fraction of sp³-hybridized carbons (Fsp3) is 0.222. The Labute approximate surface area is 215 Å². The summed E-state index contributed by atoms with van der Waals surface area (Å²) in [4.78, 5) is 37.7. The number of amides is 1. The highest BCUT2D eigenvalue weighted by Crippen LogP contribution is 2.41. The molecule has 0 atom stereocenters. The lowest BCUT2D eigenvalue weighted by molar-refractivity contribution is -0.119. The third-order valence-corrected chi connectivity index (χ3v) is 7.28. The molecule has 0 spiro atoms. The molecule has 0 saturated carbocycles. The quantitative estimate of drug-likeness (QED) is 0.224. The number of carbonyl (C=O) groups is 3. The predicted molar refractivity (Wildman–Crippen MR) is 142 cm³/mol. The lowest BCUT2D eigenvalue weighted by Gasteiger charge is -2.25. The van der Waals surface area contributed by atoms with E-state index in [1.54, 1.807) is 12.1 Å². The van der Waals surface area contributed by atoms with Gasteiger partial charge in [0, 0.05) is 30.3 Å². The molecular weight excluding hydrogens is 494 g/mol. The van der Waals surface area contributed by atoms with Crippen molar-refractivity contribution < 1.29 is 27.4 Å². The molecule has 5 N–H and O–H groups in total. The van der Waals surface area contributed by atoms with Gasteiger partial charge >= 0.3 is 0 Å². The average molecular weight is 524 g/mol. The molecule has 3 aromatic rings. The van der Waals surface area contributed by atoms with Gasteiger partial charge in [-0.25, -0.2) is 0 Å². The molecule has 194 valence electrons. The largest absolute Gasteiger partial charge is 0.397 e. The minimum absolute atomic E-state index is 0. The maximum absolute atomic E-state index is 13.5. The van der Waals surface area contributed by atoms with Crippen LogP contribution in [0.3, 0.4) is 0 Å². The van der Waals surface area contributed by atoms with E-state index in [9.17, 15) is 27.4 Å². The van der Waals surface area contributed by atoms with E-state index in [1.807, 2.05) is 26.8 Å². The Morgan fingerprint density at radius 1 is 0.973 bits per heavy atom. The Balaban J connectivity index is 0.00000380. The van der Waals surface area contributed by atoms with Crippen molar-refractivity contribution >= 4 is 44.7 Å². The summed E-state index contributed by atoms with van der Waals surface area (Å²) in [7, 11) is -4.83. The molecule has 0 radical (unpaired) electrons. The van der Waals surface area contributed by atoms with Crippen LogP contribution in [0.2, 0.25) is 0 Å². The number of nitrogens with two attached hydrogens (primary N) is 1. The van der Waals surface area contributed by atoms with E-state index < -0.39 is 32.3 Å². The van der Waals surface area contributed by atoms with Gasteiger partial charge in [-0.3, -0.25) is 18.9 Å². The third-order valence-electron chi connectivity index (χ3n) is 6.38. The molecule has 37 heavy (non-hydrogen) atoms. The molecule has 0 saturated heterocycles. The number of fused-ring (bicyclic) bond motifs is 2. The third kappa shape index (κ3) is 4.73. The number of anilines is 3. The van der Waals surface area contributed by atoms with Crippen LogP contribution in [-0.2, 0) is 21.5 Å². The normalized spacial score (nSPS) is 12.4. The van der Waals surface area contributed by atoms with Gasteiger partial charge in [0.1, 0.15) is 4.90 Å². The summed E-state index contributed by atoms with van der Waals surface area (Å²) in [6.45, 7) is 7.25. The molecule has 10 heteroatoms. The molecule has 3 aromatic carbocycles. The summed E-state index contributed by atoms with van der Waals surface area (Å²) in [5, 5.41) is 5.90. The van der Waals surface area contributed by atoms with Gasteiger partial charge in [0.25, 0.3) is 10.1 Å². The van der Waals surface area contributed by atoms with Crippen LogP contribution in [0.4, 0.5) is 17.1 Å². The Hall–Kier alpha value is -4.02. The van der Waals surface area contributed by atoms with E-state index in [4.69, 9.17) is 5.73 Å². The number of hydrogen-bond acceptors (Lipinski definition) is 7. The van der Waals surface area contributed by atoms with Gasteiger partial charge in [0.15, 0.2) is 11.6 Å². The topological polar surface area (TPSA) is 156 Å². The molecule has 0 bridgehead atoms. The van der Waals surface area contributed by atoms with Gasteiger partial charge in [-0.15, -0.1) is 0 Å². The molecule has 9 nitrogen and oxygen atoms in total. The van der Waals surface area contributed by atoms with Crippen molar-refractivity contribution in [2.75, 3.05) is 11.1 Å². The SMILES string of the molecule is C.CC(=O)NCc1c(C)cc(C)c(Nc2cc(S(=O)(=O)O)c(N)c3c2C(=O)c2ccccc2C3=O)c1C. The Morgan fingerprint density at radius 2 is 1.54 bits per heavy atom. The maximum atomic E-state index is 13.5. The summed E-state index contributed by atoms with van der Waals surface area (Å²) in [5.74, 6) is -1.32. The van der Waals surface area contributed by atoms with E-state index in [2.05, 4.69) is 10.6 Å². The van der Waals surface area contributed by atoms with Gasteiger partial charge in [0.05, 0.1) is 22.5 Å². The molecule has 0 fully saturated rings. The first-order valence-corrected chi connectivity index (χ1v) is 12.5. The zero-order chi connectivity index (χ0) is 26.5. The fourth-order valence-electron chi connectivity index (χ4n) is 4.64. The number of ketones is 2. The number of hydrogen-bond donors (Lipinski definition) is 4. The molecule has 0 aliphatic heterocycles. The Kier molecular flexibility index (Phi) is 7.30. The first-order chi connectivity index (χ1) is 16.8. The van der Waals surface area contributed by atoms with E-state index >= 15 is 0 Å². The van der Waals surface area contributed by atoms with Crippen molar-refractivity contribution in [3.05, 3.63) is 80.9 Å². The summed E-state index contributed by atoms with van der Waals surface area (Å²) >= 11 is 0. The van der Waals surface area contributed by atoms with Crippen molar-refractivity contribution in [1.29, 1.82) is 0 Å². The lowest BCUT2D eigenvalue weighted by atomic mass is 9.82. The molecule has 1 aliphatic carbocycles. The van der Waals surface area contributed by atoms with Crippen LogP contribution in [0, 0.1) is 20.8 Å². The van der Waals surface area contributed by atoms with Gasteiger partial charge in [-0.1, -0.05) is 37.8 Å². The van der Waals surface area contributed by atoms with Crippen LogP contribution < -0.4 is 16.4 Å². The van der Waals surface area contributed by atoms with Crippen LogP contribution in [0.25, 0.3) is 0 Å². The standard InChI is InChI=1S/C26H25N3O6S.CH4/c1-12-9-13(2)24(14(3)18(12)11-28-15(4)30)29-19-10-20(36(33,34)35)23(27)22-21(19)25(31)16-7-5-6-8-17(16)26(22)32;/h5-10,29H,11,27H2,1-4H3,(H,28,30)(H,33,34,35);1H4. The predicted octanol–water partition coefficient (Wildman–Crippen LogP) is 4.23. The van der Waals surface area contributed by atoms with Gasteiger partial charge in [-0.2, -0.15) is 8.42 Å². The van der Waals surface area contributed by atoms with Crippen molar-refractivity contribution in [2.24, 2.45) is 0 Å². The monoisotopic (exact) mass is 523 g/mol. The smallest absolute Gasteiger partial charge is 0.296 e. The summed E-state index contributed by atoms with van der Waals surface area (Å²) in [6.07, 6.45) is 0. The van der Waals surface area contributed by atoms with Crippen molar-refractivity contribution in [2.45, 2.75) is 46.6 Å². The maximum Gasteiger partial charge on any atom is 0.296 e. The van der Waals surface area contributed by atoms with Crippen LogP contribution in [0.15, 0.2) is 41.3 Å². The number of benzene rings is 3. The average Bonchev–Trinajstić information content (AvgIpc) is 2.79. The van der Waals surface area contributed by atoms with Crippen LogP contribution in [0.5, 0.6) is 0 Å². The molecule has 0 unspecified atom stereocenters. The molecule has 0 aromatic heterocycles. The van der Waals surface area contributed by atoms with E-state index in [0.29, 0.717) is 5.69 Å². The Bertz CT molecular complexity index is 1590. The van der Waals surface area contributed by atoms with Crippen molar-refractivity contribution in [1.82, 2.24) is 5.32 Å². The summed E-state index contributed by atoms with van der Waals surface area (Å²) in [6, 6.07) is 9.15. The first kappa shape index (κ1) is 27.6. The minimum atomic E-state index is -4.83. The molecule has 4 rings (SSSR count).